The van der Waals surface area contributed by atoms with Crippen LogP contribution in [0.4, 0.5) is 11.4 Å². The largest absolute Gasteiger partial charge is 0.252 e. The number of hydrogen-bond acceptors (Lipinski definition) is 2. The third-order valence-electron chi connectivity index (χ3n) is 6.30. The third kappa shape index (κ3) is 6.46. The summed E-state index contributed by atoms with van der Waals surface area (Å²) in [4.78, 5) is 10.3. The number of hydrogen-bond donors (Lipinski definition) is 0. The lowest BCUT2D eigenvalue weighted by atomic mass is 9.74. The molecule has 0 N–H and O–H groups in total. The van der Waals surface area contributed by atoms with Crippen molar-refractivity contribution < 1.29 is 0 Å². The van der Waals surface area contributed by atoms with Crippen molar-refractivity contribution in [3.63, 3.8) is 0 Å². The highest BCUT2D eigenvalue weighted by atomic mass is 14.8. The molecule has 2 rings (SSSR count). The highest BCUT2D eigenvalue weighted by Crippen LogP contribution is 2.41. The van der Waals surface area contributed by atoms with Crippen LogP contribution in [-0.2, 0) is 21.7 Å². The number of nitrogens with zero attached hydrogens (tertiary/aromatic N) is 2. The summed E-state index contributed by atoms with van der Waals surface area (Å²) in [5.74, 6) is 0. The van der Waals surface area contributed by atoms with E-state index in [4.69, 9.17) is 9.98 Å². The summed E-state index contributed by atoms with van der Waals surface area (Å²) in [7, 11) is 0. The SMILES string of the molecule is CC(=Nc1cccc(C(C)(C)C)c1C(C)(C)C)C(C)=Nc1cccc(C(C)(C)C)c1C(C)(C)C. The van der Waals surface area contributed by atoms with Crippen molar-refractivity contribution in [3.8, 4) is 0 Å². The summed E-state index contributed by atoms with van der Waals surface area (Å²) >= 11 is 0. The molecule has 2 aromatic rings. The van der Waals surface area contributed by atoms with Crippen LogP contribution >= 0.6 is 0 Å². The molecule has 2 heteroatoms. The Hall–Kier alpha value is -2.22. The zero-order valence-electron chi connectivity index (χ0n) is 24.4. The minimum absolute atomic E-state index is 0.00548. The van der Waals surface area contributed by atoms with Gasteiger partial charge >= 0.3 is 0 Å². The molecule has 0 radical (unpaired) electrons. The molecule has 0 aliphatic rings. The first kappa shape index (κ1) is 28.0. The predicted octanol–water partition coefficient (Wildman–Crippen LogP) is 9.76. The smallest absolute Gasteiger partial charge is 0.0673 e. The molecule has 0 heterocycles. The van der Waals surface area contributed by atoms with Crippen LogP contribution in [0, 0.1) is 0 Å². The topological polar surface area (TPSA) is 24.7 Å². The van der Waals surface area contributed by atoms with Gasteiger partial charge in [0.15, 0.2) is 0 Å². The van der Waals surface area contributed by atoms with Gasteiger partial charge in [0.2, 0.25) is 0 Å². The second kappa shape index (κ2) is 9.44. The molecule has 34 heavy (non-hydrogen) atoms. The standard InChI is InChI=1S/C32H48N2/c1-21(33-25-19-15-17-23(29(3,4)5)27(25)31(9,10)11)22(2)34-26-20-16-18-24(30(6,7)8)28(26)32(12,13)14/h15-20H,1-14H3. The molecule has 0 amide bonds. The molecule has 0 aromatic heterocycles. The molecule has 0 unspecified atom stereocenters. The van der Waals surface area contributed by atoms with Gasteiger partial charge in [-0.05, 0) is 69.9 Å². The molecule has 0 fully saturated rings. The van der Waals surface area contributed by atoms with Crippen molar-refractivity contribution in [2.45, 2.75) is 119 Å². The van der Waals surface area contributed by atoms with Gasteiger partial charge in [-0.1, -0.05) is 107 Å². The van der Waals surface area contributed by atoms with Crippen LogP contribution in [0.25, 0.3) is 0 Å². The molecule has 0 bridgehead atoms. The van der Waals surface area contributed by atoms with Crippen LogP contribution in [0.2, 0.25) is 0 Å². The Morgan fingerprint density at radius 2 is 0.765 bits per heavy atom. The van der Waals surface area contributed by atoms with E-state index in [2.05, 4.69) is 133 Å². The van der Waals surface area contributed by atoms with Crippen molar-refractivity contribution in [3.05, 3.63) is 58.7 Å². The second-order valence-corrected chi connectivity index (χ2v) is 13.8. The van der Waals surface area contributed by atoms with E-state index in [-0.39, 0.29) is 21.7 Å². The average Bonchev–Trinajstić information content (AvgIpc) is 2.64. The van der Waals surface area contributed by atoms with Crippen LogP contribution in [0.15, 0.2) is 46.4 Å². The summed E-state index contributed by atoms with van der Waals surface area (Å²) < 4.78 is 0. The fraction of sp³-hybridized carbons (Fsp3) is 0.562. The average molecular weight is 461 g/mol. The van der Waals surface area contributed by atoms with Gasteiger partial charge in [0.25, 0.3) is 0 Å². The van der Waals surface area contributed by atoms with Crippen LogP contribution in [-0.4, -0.2) is 11.4 Å². The summed E-state index contributed by atoms with van der Waals surface area (Å²) in [6.07, 6.45) is 0. The molecule has 0 saturated carbocycles. The van der Waals surface area contributed by atoms with Crippen LogP contribution in [0.1, 0.15) is 119 Å². The molecule has 2 aromatic carbocycles. The van der Waals surface area contributed by atoms with Gasteiger partial charge in [-0.2, -0.15) is 0 Å². The Morgan fingerprint density at radius 1 is 0.471 bits per heavy atom. The summed E-state index contributed by atoms with van der Waals surface area (Å²) in [5.41, 5.74) is 9.46. The maximum Gasteiger partial charge on any atom is 0.0673 e. The van der Waals surface area contributed by atoms with E-state index in [0.29, 0.717) is 0 Å². The first-order chi connectivity index (χ1) is 15.2. The van der Waals surface area contributed by atoms with Gasteiger partial charge < -0.3 is 0 Å². The minimum Gasteiger partial charge on any atom is -0.252 e. The van der Waals surface area contributed by atoms with E-state index in [1.165, 1.54) is 22.3 Å². The molecule has 2 nitrogen and oxygen atoms in total. The zero-order chi connectivity index (χ0) is 26.3. The molecule has 0 spiro atoms. The van der Waals surface area contributed by atoms with Crippen LogP contribution < -0.4 is 0 Å². The van der Waals surface area contributed by atoms with Gasteiger partial charge in [0, 0.05) is 0 Å². The molecular weight excluding hydrogens is 412 g/mol. The summed E-state index contributed by atoms with van der Waals surface area (Å²) in [6.45, 7) is 31.5. The fourth-order valence-electron chi connectivity index (χ4n) is 4.62. The van der Waals surface area contributed by atoms with Gasteiger partial charge in [-0.25, -0.2) is 0 Å². The lowest BCUT2D eigenvalue weighted by Gasteiger charge is -2.31. The van der Waals surface area contributed by atoms with E-state index in [1.54, 1.807) is 0 Å². The fourth-order valence-corrected chi connectivity index (χ4v) is 4.62. The highest BCUT2D eigenvalue weighted by molar-refractivity contribution is 6.41. The van der Waals surface area contributed by atoms with Crippen molar-refractivity contribution in [2.24, 2.45) is 9.98 Å². The van der Waals surface area contributed by atoms with Crippen molar-refractivity contribution in [1.29, 1.82) is 0 Å². The number of aliphatic imine (C=N–C) groups is 2. The van der Waals surface area contributed by atoms with Gasteiger partial charge in [-0.3, -0.25) is 9.98 Å². The van der Waals surface area contributed by atoms with Crippen molar-refractivity contribution >= 4 is 22.8 Å². The molecule has 0 aliphatic heterocycles. The monoisotopic (exact) mass is 460 g/mol. The lowest BCUT2D eigenvalue weighted by Crippen LogP contribution is -2.22. The summed E-state index contributed by atoms with van der Waals surface area (Å²) in [6, 6.07) is 13.1. The number of benzene rings is 2. The van der Waals surface area contributed by atoms with E-state index in [9.17, 15) is 0 Å². The highest BCUT2D eigenvalue weighted by Gasteiger charge is 2.29. The van der Waals surface area contributed by atoms with Crippen LogP contribution in [0.3, 0.4) is 0 Å². The lowest BCUT2D eigenvalue weighted by molar-refractivity contribution is 0.531. The van der Waals surface area contributed by atoms with Gasteiger partial charge in [0.05, 0.1) is 22.8 Å². The second-order valence-electron chi connectivity index (χ2n) is 13.8. The third-order valence-corrected chi connectivity index (χ3v) is 6.30. The van der Waals surface area contributed by atoms with E-state index in [1.807, 2.05) is 0 Å². The van der Waals surface area contributed by atoms with E-state index < -0.39 is 0 Å². The summed E-state index contributed by atoms with van der Waals surface area (Å²) in [5, 5.41) is 0. The Bertz CT molecular complexity index is 996. The van der Waals surface area contributed by atoms with E-state index >= 15 is 0 Å². The molecule has 0 atom stereocenters. The maximum atomic E-state index is 5.14. The first-order valence-corrected chi connectivity index (χ1v) is 12.6. The minimum atomic E-state index is -0.00548. The maximum absolute atomic E-state index is 5.14. The first-order valence-electron chi connectivity index (χ1n) is 12.6. The number of rotatable bonds is 3. The Kier molecular flexibility index (Phi) is 7.78. The predicted molar refractivity (Wildman–Crippen MR) is 153 cm³/mol. The quantitative estimate of drug-likeness (QED) is 0.407. The molecular formula is C32H48N2. The normalized spacial score (nSPS) is 14.5. The molecule has 186 valence electrons. The van der Waals surface area contributed by atoms with Crippen molar-refractivity contribution in [2.75, 3.05) is 0 Å². The molecule has 0 saturated heterocycles. The van der Waals surface area contributed by atoms with Crippen LogP contribution in [0.5, 0.6) is 0 Å². The van der Waals surface area contributed by atoms with Gasteiger partial charge in [-0.15, -0.1) is 0 Å². The Balaban J connectivity index is 2.70. The zero-order valence-corrected chi connectivity index (χ0v) is 24.4. The van der Waals surface area contributed by atoms with Gasteiger partial charge in [0.1, 0.15) is 0 Å². The Morgan fingerprint density at radius 3 is 1.00 bits per heavy atom. The van der Waals surface area contributed by atoms with E-state index in [0.717, 1.165) is 22.8 Å². The molecule has 0 aliphatic carbocycles. The Labute approximate surface area is 210 Å². The van der Waals surface area contributed by atoms with Crippen molar-refractivity contribution in [1.82, 2.24) is 0 Å².